The first-order valence-corrected chi connectivity index (χ1v) is 6.65. The number of ketones is 1. The first-order chi connectivity index (χ1) is 9.21. The van der Waals surface area contributed by atoms with Gasteiger partial charge >= 0.3 is 0 Å². The van der Waals surface area contributed by atoms with E-state index in [4.69, 9.17) is 9.47 Å². The van der Waals surface area contributed by atoms with Crippen molar-refractivity contribution in [3.63, 3.8) is 0 Å². The zero-order valence-corrected chi connectivity index (χ0v) is 11.8. The van der Waals surface area contributed by atoms with Crippen LogP contribution in [0.2, 0.25) is 0 Å². The number of methoxy groups -OCH3 is 2. The Morgan fingerprint density at radius 1 is 1.37 bits per heavy atom. The van der Waals surface area contributed by atoms with E-state index < -0.39 is 0 Å². The molecule has 2 aromatic heterocycles. The first kappa shape index (κ1) is 13.5. The Morgan fingerprint density at radius 3 is 2.79 bits per heavy atom. The Labute approximate surface area is 115 Å². The highest BCUT2D eigenvalue weighted by molar-refractivity contribution is 7.12. The number of nitrogens with zero attached hydrogens (tertiary/aromatic N) is 2. The lowest BCUT2D eigenvalue weighted by Crippen LogP contribution is -2.09. The standard InChI is InChI=1S/C13H14N2O3S/c1-4-8-5-6-19-12(8)11(16)10-13(18-3)15-9(17-2)7-14-10/h5-7H,4H2,1-3H3. The average Bonchev–Trinajstić information content (AvgIpc) is 2.94. The third-order valence-corrected chi connectivity index (χ3v) is 3.63. The van der Waals surface area contributed by atoms with Crippen LogP contribution >= 0.6 is 11.3 Å². The van der Waals surface area contributed by atoms with Gasteiger partial charge in [0.2, 0.25) is 17.5 Å². The van der Waals surface area contributed by atoms with Crippen molar-refractivity contribution < 1.29 is 14.3 Å². The van der Waals surface area contributed by atoms with Crippen molar-refractivity contribution in [1.29, 1.82) is 0 Å². The Bertz CT molecular complexity index is 595. The topological polar surface area (TPSA) is 61.3 Å². The van der Waals surface area contributed by atoms with Crippen LogP contribution in [0.1, 0.15) is 27.9 Å². The van der Waals surface area contributed by atoms with E-state index in [0.717, 1.165) is 12.0 Å². The fourth-order valence-electron chi connectivity index (χ4n) is 1.67. The van der Waals surface area contributed by atoms with Crippen molar-refractivity contribution in [2.75, 3.05) is 14.2 Å². The number of hydrogen-bond acceptors (Lipinski definition) is 6. The van der Waals surface area contributed by atoms with Gasteiger partial charge < -0.3 is 9.47 Å². The van der Waals surface area contributed by atoms with Crippen LogP contribution in [0, 0.1) is 0 Å². The third kappa shape index (κ3) is 2.58. The molecule has 0 aliphatic carbocycles. The van der Waals surface area contributed by atoms with Gasteiger partial charge in [-0.05, 0) is 23.4 Å². The molecule has 6 heteroatoms. The van der Waals surface area contributed by atoms with Crippen molar-refractivity contribution in [3.8, 4) is 11.8 Å². The second-order valence-corrected chi connectivity index (χ2v) is 4.64. The number of aromatic nitrogens is 2. The normalized spacial score (nSPS) is 10.3. The van der Waals surface area contributed by atoms with Gasteiger partial charge in [0, 0.05) is 0 Å². The Kier molecular flexibility index (Phi) is 4.11. The summed E-state index contributed by atoms with van der Waals surface area (Å²) in [5.41, 5.74) is 1.22. The maximum Gasteiger partial charge on any atom is 0.247 e. The maximum absolute atomic E-state index is 12.5. The third-order valence-electron chi connectivity index (χ3n) is 2.67. The molecule has 0 aliphatic heterocycles. The summed E-state index contributed by atoms with van der Waals surface area (Å²) in [4.78, 5) is 21.3. The zero-order valence-electron chi connectivity index (χ0n) is 11.0. The van der Waals surface area contributed by atoms with E-state index in [1.165, 1.54) is 31.8 Å². The predicted molar refractivity (Wildman–Crippen MR) is 72.3 cm³/mol. The van der Waals surface area contributed by atoms with Gasteiger partial charge in [-0.2, -0.15) is 4.98 Å². The fourth-order valence-corrected chi connectivity index (χ4v) is 2.61. The minimum atomic E-state index is -0.168. The van der Waals surface area contributed by atoms with Crippen LogP contribution in [0.3, 0.4) is 0 Å². The summed E-state index contributed by atoms with van der Waals surface area (Å²) in [5.74, 6) is 0.328. The molecule has 0 bridgehead atoms. The van der Waals surface area contributed by atoms with E-state index in [2.05, 4.69) is 9.97 Å². The molecule has 2 aromatic rings. The SMILES string of the molecule is CCc1ccsc1C(=O)c1ncc(OC)nc1OC. The number of thiophene rings is 1. The van der Waals surface area contributed by atoms with Crippen LogP contribution in [-0.2, 0) is 6.42 Å². The number of aryl methyl sites for hydroxylation is 1. The molecule has 0 spiro atoms. The average molecular weight is 278 g/mol. The van der Waals surface area contributed by atoms with Gasteiger partial charge in [0.1, 0.15) is 0 Å². The van der Waals surface area contributed by atoms with Crippen LogP contribution in [0.5, 0.6) is 11.8 Å². The molecule has 0 radical (unpaired) electrons. The minimum Gasteiger partial charge on any atom is -0.480 e. The summed E-state index contributed by atoms with van der Waals surface area (Å²) in [7, 11) is 2.94. The first-order valence-electron chi connectivity index (χ1n) is 5.77. The lowest BCUT2D eigenvalue weighted by molar-refractivity contribution is 0.103. The summed E-state index contributed by atoms with van der Waals surface area (Å²) in [5, 5.41) is 1.90. The lowest BCUT2D eigenvalue weighted by Gasteiger charge is -2.07. The van der Waals surface area contributed by atoms with Crippen LogP contribution in [0.15, 0.2) is 17.6 Å². The molecule has 0 unspecified atom stereocenters. The lowest BCUT2D eigenvalue weighted by atomic mass is 10.1. The molecule has 0 aliphatic rings. The van der Waals surface area contributed by atoms with E-state index in [1.807, 2.05) is 18.4 Å². The zero-order chi connectivity index (χ0) is 13.8. The van der Waals surface area contributed by atoms with E-state index >= 15 is 0 Å². The minimum absolute atomic E-state index is 0.168. The molecule has 5 nitrogen and oxygen atoms in total. The Hall–Kier alpha value is -1.95. The number of rotatable bonds is 5. The molecule has 2 heterocycles. The maximum atomic E-state index is 12.5. The smallest absolute Gasteiger partial charge is 0.247 e. The van der Waals surface area contributed by atoms with Crippen LogP contribution < -0.4 is 9.47 Å². The summed E-state index contributed by atoms with van der Waals surface area (Å²) in [6, 6.07) is 1.95. The van der Waals surface area contributed by atoms with E-state index in [9.17, 15) is 4.79 Å². The molecule has 0 atom stereocenters. The largest absolute Gasteiger partial charge is 0.480 e. The molecule has 0 amide bonds. The van der Waals surface area contributed by atoms with Crippen LogP contribution in [0.4, 0.5) is 0 Å². The molecular weight excluding hydrogens is 264 g/mol. The number of carbonyl (C=O) groups excluding carboxylic acids is 1. The molecule has 0 aromatic carbocycles. The monoisotopic (exact) mass is 278 g/mol. The molecule has 0 saturated heterocycles. The quantitative estimate of drug-likeness (QED) is 0.786. The molecule has 0 saturated carbocycles. The van der Waals surface area contributed by atoms with Crippen LogP contribution in [-0.4, -0.2) is 30.0 Å². The van der Waals surface area contributed by atoms with Gasteiger partial charge in [0.05, 0.1) is 25.3 Å². The van der Waals surface area contributed by atoms with Gasteiger partial charge in [-0.15, -0.1) is 11.3 Å². The summed E-state index contributed by atoms with van der Waals surface area (Å²) in [6.07, 6.45) is 2.21. The van der Waals surface area contributed by atoms with Gasteiger partial charge in [-0.1, -0.05) is 6.92 Å². The van der Waals surface area contributed by atoms with Gasteiger partial charge in [0.25, 0.3) is 0 Å². The fraction of sp³-hybridized carbons (Fsp3) is 0.308. The number of ether oxygens (including phenoxy) is 2. The molecular formula is C13H14N2O3S. The van der Waals surface area contributed by atoms with Gasteiger partial charge in [-0.3, -0.25) is 4.79 Å². The molecule has 0 N–H and O–H groups in total. The summed E-state index contributed by atoms with van der Waals surface area (Å²) >= 11 is 1.40. The van der Waals surface area contributed by atoms with E-state index in [-0.39, 0.29) is 17.4 Å². The van der Waals surface area contributed by atoms with Crippen molar-refractivity contribution in [3.05, 3.63) is 33.8 Å². The van der Waals surface area contributed by atoms with Crippen molar-refractivity contribution in [1.82, 2.24) is 9.97 Å². The molecule has 100 valence electrons. The summed E-state index contributed by atoms with van der Waals surface area (Å²) in [6.45, 7) is 2.01. The Balaban J connectivity index is 2.44. The second kappa shape index (κ2) is 5.79. The van der Waals surface area contributed by atoms with Crippen molar-refractivity contribution >= 4 is 17.1 Å². The van der Waals surface area contributed by atoms with Crippen molar-refractivity contribution in [2.24, 2.45) is 0 Å². The van der Waals surface area contributed by atoms with E-state index in [0.29, 0.717) is 10.8 Å². The van der Waals surface area contributed by atoms with Crippen molar-refractivity contribution in [2.45, 2.75) is 13.3 Å². The highest BCUT2D eigenvalue weighted by atomic mass is 32.1. The molecule has 0 fully saturated rings. The molecule has 19 heavy (non-hydrogen) atoms. The number of hydrogen-bond donors (Lipinski definition) is 0. The second-order valence-electron chi connectivity index (χ2n) is 3.73. The number of carbonyl (C=O) groups is 1. The highest BCUT2D eigenvalue weighted by Gasteiger charge is 2.21. The van der Waals surface area contributed by atoms with Gasteiger partial charge in [0.15, 0.2) is 5.69 Å². The predicted octanol–water partition coefficient (Wildman–Crippen LogP) is 2.35. The van der Waals surface area contributed by atoms with Crippen LogP contribution in [0.25, 0.3) is 0 Å². The van der Waals surface area contributed by atoms with E-state index in [1.54, 1.807) is 0 Å². The highest BCUT2D eigenvalue weighted by Crippen LogP contribution is 2.25. The Morgan fingerprint density at radius 2 is 2.16 bits per heavy atom. The molecule has 2 rings (SSSR count). The summed E-state index contributed by atoms with van der Waals surface area (Å²) < 4.78 is 10.1. The van der Waals surface area contributed by atoms with Gasteiger partial charge in [-0.25, -0.2) is 4.98 Å².